The van der Waals surface area contributed by atoms with E-state index in [1.807, 2.05) is 25.6 Å². The molecule has 0 radical (unpaired) electrons. The topological polar surface area (TPSA) is 35.0 Å². The van der Waals surface area contributed by atoms with Crippen molar-refractivity contribution in [3.05, 3.63) is 24.3 Å². The zero-order valence-corrected chi connectivity index (χ0v) is 20.1. The Morgan fingerprint density at radius 1 is 1.06 bits per heavy atom. The maximum absolute atomic E-state index is 6.29. The van der Waals surface area contributed by atoms with Crippen molar-refractivity contribution in [1.82, 2.24) is 9.97 Å². The highest BCUT2D eigenvalue weighted by molar-refractivity contribution is 5.26. The highest BCUT2D eigenvalue weighted by atomic mass is 16.5. The standard InChI is InChI=1S/C28H42N2O/c1-18(6-9-25-29-14-5-15-30-25)21-7-8-22-20-16-24(31-4)28-17-19(28)10-13-27(28,3)23(20)11-12-26(21,22)2/h5,14-15,18-24H,6-13,16-17H2,1-4H3/t18-,19-,20+,21-,22+,23+,24?,26-,27-,28?/m1/s1. The van der Waals surface area contributed by atoms with Gasteiger partial charge in [0.1, 0.15) is 5.82 Å². The molecule has 0 saturated heterocycles. The lowest BCUT2D eigenvalue weighted by Crippen LogP contribution is -2.57. The number of fused-ring (bicyclic) bond motifs is 4. The van der Waals surface area contributed by atoms with Crippen LogP contribution in [0.2, 0.25) is 0 Å². The third kappa shape index (κ3) is 2.68. The van der Waals surface area contributed by atoms with Gasteiger partial charge in [-0.3, -0.25) is 0 Å². The Morgan fingerprint density at radius 2 is 1.87 bits per heavy atom. The minimum atomic E-state index is 0.527. The summed E-state index contributed by atoms with van der Waals surface area (Å²) in [6, 6.07) is 1.92. The van der Waals surface area contributed by atoms with Crippen LogP contribution in [0.25, 0.3) is 0 Å². The quantitative estimate of drug-likeness (QED) is 0.556. The summed E-state index contributed by atoms with van der Waals surface area (Å²) in [7, 11) is 2.01. The smallest absolute Gasteiger partial charge is 0.128 e. The van der Waals surface area contributed by atoms with E-state index < -0.39 is 0 Å². The molecule has 5 saturated carbocycles. The SMILES string of the molecule is COC1C[C@H]2[C@@H]3CC[C@H]([C@H](C)CCc4ncccn4)[C@@]3(C)CC[C@@H]2[C@@]2(C)CC[C@@H]3CC132. The van der Waals surface area contributed by atoms with Crippen LogP contribution in [0, 0.1) is 51.8 Å². The van der Waals surface area contributed by atoms with Crippen LogP contribution in [0.4, 0.5) is 0 Å². The van der Waals surface area contributed by atoms with Crippen molar-refractivity contribution in [2.75, 3.05) is 7.11 Å². The van der Waals surface area contributed by atoms with Gasteiger partial charge in [0.2, 0.25) is 0 Å². The molecule has 10 atom stereocenters. The second kappa shape index (κ2) is 7.02. The minimum absolute atomic E-state index is 0.527. The number of ether oxygens (including phenoxy) is 1. The van der Waals surface area contributed by atoms with Crippen molar-refractivity contribution in [3.63, 3.8) is 0 Å². The lowest BCUT2D eigenvalue weighted by Gasteiger charge is -2.61. The summed E-state index contributed by atoms with van der Waals surface area (Å²) in [5.74, 6) is 6.39. The van der Waals surface area contributed by atoms with Gasteiger partial charge in [0.25, 0.3) is 0 Å². The third-order valence-corrected chi connectivity index (χ3v) is 12.0. The molecule has 5 fully saturated rings. The second-order valence-electron chi connectivity index (χ2n) is 12.6. The summed E-state index contributed by atoms with van der Waals surface area (Å²) in [5.41, 5.74) is 1.63. The largest absolute Gasteiger partial charge is 0.381 e. The zero-order valence-electron chi connectivity index (χ0n) is 20.1. The van der Waals surface area contributed by atoms with Crippen molar-refractivity contribution in [2.24, 2.45) is 51.8 Å². The summed E-state index contributed by atoms with van der Waals surface area (Å²) in [4.78, 5) is 8.94. The normalized spacial score (nSPS) is 50.8. The summed E-state index contributed by atoms with van der Waals surface area (Å²) >= 11 is 0. The molecule has 0 aromatic carbocycles. The molecule has 2 unspecified atom stereocenters. The van der Waals surface area contributed by atoms with Gasteiger partial charge in [0, 0.05) is 31.3 Å². The van der Waals surface area contributed by atoms with Gasteiger partial charge in [-0.05, 0) is 110 Å². The first kappa shape index (κ1) is 20.6. The molecule has 5 aliphatic rings. The van der Waals surface area contributed by atoms with Crippen LogP contribution in [0.15, 0.2) is 18.5 Å². The molecule has 3 nitrogen and oxygen atoms in total. The van der Waals surface area contributed by atoms with Crippen LogP contribution in [-0.4, -0.2) is 23.2 Å². The Bertz CT molecular complexity index is 828. The lowest BCUT2D eigenvalue weighted by molar-refractivity contribution is -0.161. The molecule has 1 aromatic heterocycles. The van der Waals surface area contributed by atoms with Gasteiger partial charge in [0.05, 0.1) is 6.10 Å². The van der Waals surface area contributed by atoms with Gasteiger partial charge in [0.15, 0.2) is 0 Å². The van der Waals surface area contributed by atoms with E-state index in [0.717, 1.165) is 47.8 Å². The van der Waals surface area contributed by atoms with E-state index in [1.165, 1.54) is 57.8 Å². The number of rotatable bonds is 5. The molecule has 0 aliphatic heterocycles. The van der Waals surface area contributed by atoms with E-state index in [1.54, 1.807) is 0 Å². The molecule has 6 rings (SSSR count). The molecular formula is C28H42N2O. The molecular weight excluding hydrogens is 380 g/mol. The summed E-state index contributed by atoms with van der Waals surface area (Å²) in [5, 5.41) is 0. The average Bonchev–Trinajstić information content (AvgIpc) is 3.29. The number of nitrogens with zero attached hydrogens (tertiary/aromatic N) is 2. The molecule has 0 bridgehead atoms. The maximum Gasteiger partial charge on any atom is 0.128 e. The lowest BCUT2D eigenvalue weighted by atomic mass is 9.45. The van der Waals surface area contributed by atoms with E-state index in [0.29, 0.717) is 22.3 Å². The van der Waals surface area contributed by atoms with Gasteiger partial charge < -0.3 is 4.74 Å². The highest BCUT2D eigenvalue weighted by Crippen LogP contribution is 2.82. The van der Waals surface area contributed by atoms with E-state index in [4.69, 9.17) is 4.74 Å². The summed E-state index contributed by atoms with van der Waals surface area (Å²) in [6.07, 6.45) is 18.2. The Hall–Kier alpha value is -0.960. The Labute approximate surface area is 189 Å². The monoisotopic (exact) mass is 422 g/mol. The fourth-order valence-corrected chi connectivity index (χ4v) is 10.6. The van der Waals surface area contributed by atoms with E-state index in [-0.39, 0.29) is 0 Å². The van der Waals surface area contributed by atoms with Crippen LogP contribution in [-0.2, 0) is 11.2 Å². The zero-order chi connectivity index (χ0) is 21.4. The van der Waals surface area contributed by atoms with E-state index >= 15 is 0 Å². The maximum atomic E-state index is 6.29. The number of hydrogen-bond donors (Lipinski definition) is 0. The second-order valence-corrected chi connectivity index (χ2v) is 12.6. The molecule has 5 aliphatic carbocycles. The number of methoxy groups -OCH3 is 1. The van der Waals surface area contributed by atoms with Crippen LogP contribution >= 0.6 is 0 Å². The molecule has 1 spiro atoms. The van der Waals surface area contributed by atoms with Crippen LogP contribution < -0.4 is 0 Å². The van der Waals surface area contributed by atoms with Crippen molar-refractivity contribution in [3.8, 4) is 0 Å². The molecule has 0 N–H and O–H groups in total. The van der Waals surface area contributed by atoms with Gasteiger partial charge in [-0.1, -0.05) is 20.8 Å². The van der Waals surface area contributed by atoms with Gasteiger partial charge in [-0.15, -0.1) is 0 Å². The fourth-order valence-electron chi connectivity index (χ4n) is 10.6. The number of hydrogen-bond acceptors (Lipinski definition) is 3. The first-order valence-corrected chi connectivity index (χ1v) is 13.2. The van der Waals surface area contributed by atoms with Crippen molar-refractivity contribution < 1.29 is 4.74 Å². The van der Waals surface area contributed by atoms with Crippen molar-refractivity contribution in [2.45, 2.75) is 91.1 Å². The third-order valence-electron chi connectivity index (χ3n) is 12.0. The molecule has 170 valence electrons. The first-order chi connectivity index (χ1) is 14.9. The van der Waals surface area contributed by atoms with Crippen molar-refractivity contribution in [1.29, 1.82) is 0 Å². The molecule has 0 amide bonds. The van der Waals surface area contributed by atoms with Gasteiger partial charge in [-0.25, -0.2) is 9.97 Å². The Balaban J connectivity index is 1.22. The average molecular weight is 423 g/mol. The molecule has 31 heavy (non-hydrogen) atoms. The Morgan fingerprint density at radius 3 is 2.61 bits per heavy atom. The minimum Gasteiger partial charge on any atom is -0.381 e. The van der Waals surface area contributed by atoms with Crippen molar-refractivity contribution >= 4 is 0 Å². The summed E-state index contributed by atoms with van der Waals surface area (Å²) < 4.78 is 6.29. The first-order valence-electron chi connectivity index (χ1n) is 13.2. The highest BCUT2D eigenvalue weighted by Gasteiger charge is 2.77. The van der Waals surface area contributed by atoms with Gasteiger partial charge in [-0.2, -0.15) is 0 Å². The predicted molar refractivity (Wildman–Crippen MR) is 123 cm³/mol. The predicted octanol–water partition coefficient (Wildman–Crippen LogP) is 6.33. The van der Waals surface area contributed by atoms with Gasteiger partial charge >= 0.3 is 0 Å². The number of aryl methyl sites for hydroxylation is 1. The molecule has 1 aromatic rings. The Kier molecular flexibility index (Phi) is 4.67. The van der Waals surface area contributed by atoms with E-state index in [2.05, 4.69) is 30.7 Å². The number of aromatic nitrogens is 2. The molecule has 1 heterocycles. The van der Waals surface area contributed by atoms with E-state index in [9.17, 15) is 0 Å². The van der Waals surface area contributed by atoms with Crippen LogP contribution in [0.1, 0.15) is 84.4 Å². The van der Waals surface area contributed by atoms with Crippen LogP contribution in [0.5, 0.6) is 0 Å². The summed E-state index contributed by atoms with van der Waals surface area (Å²) in [6.45, 7) is 7.90. The molecule has 3 heteroatoms. The van der Waals surface area contributed by atoms with Crippen LogP contribution in [0.3, 0.4) is 0 Å². The fraction of sp³-hybridized carbons (Fsp3) is 0.857.